The first-order valence-corrected chi connectivity index (χ1v) is 13.8. The fourth-order valence-corrected chi connectivity index (χ4v) is 6.28. The number of halogens is 1. The van der Waals surface area contributed by atoms with Gasteiger partial charge in [-0.15, -0.1) is 11.3 Å². The van der Waals surface area contributed by atoms with Gasteiger partial charge in [0.1, 0.15) is 40.9 Å². The summed E-state index contributed by atoms with van der Waals surface area (Å²) in [4.78, 5) is 14.2. The molecule has 0 fully saturated rings. The van der Waals surface area contributed by atoms with E-state index in [0.717, 1.165) is 58.8 Å². The Bertz CT molecular complexity index is 1700. The van der Waals surface area contributed by atoms with Gasteiger partial charge in [0.15, 0.2) is 0 Å². The molecule has 0 spiro atoms. The van der Waals surface area contributed by atoms with Crippen molar-refractivity contribution < 1.29 is 13.9 Å². The Kier molecular flexibility index (Phi) is 7.82. The monoisotopic (exact) mass is 550 g/mol. The lowest BCUT2D eigenvalue weighted by atomic mass is 9.96. The van der Waals surface area contributed by atoms with Gasteiger partial charge in [0.05, 0.1) is 5.56 Å². The molecule has 2 heterocycles. The quantitative estimate of drug-likeness (QED) is 0.195. The number of nitrogens with zero attached hydrogens (tertiary/aromatic N) is 3. The van der Waals surface area contributed by atoms with Crippen molar-refractivity contribution in [1.82, 2.24) is 4.57 Å². The summed E-state index contributed by atoms with van der Waals surface area (Å²) in [6, 6.07) is 20.2. The maximum Gasteiger partial charge on any atom is 0.266 e. The highest BCUT2D eigenvalue weighted by Crippen LogP contribution is 2.38. The van der Waals surface area contributed by atoms with E-state index in [0.29, 0.717) is 21.9 Å². The number of nitrogens with one attached hydrogen (secondary N) is 1. The number of aryl methyl sites for hydroxylation is 2. The van der Waals surface area contributed by atoms with Crippen molar-refractivity contribution in [3.63, 3.8) is 0 Å². The van der Waals surface area contributed by atoms with Crippen LogP contribution >= 0.6 is 11.3 Å². The van der Waals surface area contributed by atoms with Crippen LogP contribution in [0.15, 0.2) is 60.2 Å². The Hall–Kier alpha value is -4.66. The van der Waals surface area contributed by atoms with E-state index in [2.05, 4.69) is 11.4 Å². The van der Waals surface area contributed by atoms with E-state index in [4.69, 9.17) is 4.74 Å². The van der Waals surface area contributed by atoms with Crippen LogP contribution in [0.5, 0.6) is 5.75 Å². The van der Waals surface area contributed by atoms with Crippen molar-refractivity contribution in [3.05, 3.63) is 105 Å². The number of fused-ring (bicyclic) bond motifs is 1. The Balaban J connectivity index is 1.34. The molecule has 8 heteroatoms. The van der Waals surface area contributed by atoms with Gasteiger partial charge in [-0.3, -0.25) is 4.79 Å². The molecule has 1 aliphatic rings. The van der Waals surface area contributed by atoms with Crippen LogP contribution in [0.4, 0.5) is 9.39 Å². The smallest absolute Gasteiger partial charge is 0.266 e. The Morgan fingerprint density at radius 2 is 1.88 bits per heavy atom. The molecular weight excluding hydrogens is 523 g/mol. The highest BCUT2D eigenvalue weighted by atomic mass is 32.1. The number of ether oxygens (including phenoxy) is 1. The molecule has 6 nitrogen and oxygen atoms in total. The first-order chi connectivity index (χ1) is 19.4. The molecule has 0 radical (unpaired) electrons. The number of hydrogen-bond acceptors (Lipinski definition) is 5. The average Bonchev–Trinajstić information content (AvgIpc) is 3.46. The first-order valence-electron chi connectivity index (χ1n) is 13.0. The third-order valence-corrected chi connectivity index (χ3v) is 8.30. The normalized spacial score (nSPS) is 12.8. The van der Waals surface area contributed by atoms with Gasteiger partial charge in [-0.25, -0.2) is 4.39 Å². The van der Waals surface area contributed by atoms with Gasteiger partial charge in [0.2, 0.25) is 0 Å². The first kappa shape index (κ1) is 26.9. The second kappa shape index (κ2) is 11.6. The molecule has 5 rings (SSSR count). The zero-order valence-electron chi connectivity index (χ0n) is 22.3. The molecule has 0 bridgehead atoms. The van der Waals surface area contributed by atoms with Crippen LogP contribution in [0.1, 0.15) is 51.4 Å². The number of hydrogen-bond donors (Lipinski definition) is 1. The number of benzene rings is 2. The lowest BCUT2D eigenvalue weighted by Crippen LogP contribution is -2.13. The minimum Gasteiger partial charge on any atom is -0.489 e. The number of carbonyl (C=O) groups excluding carboxylic acids is 1. The fourth-order valence-electron chi connectivity index (χ4n) is 5.05. The van der Waals surface area contributed by atoms with E-state index >= 15 is 0 Å². The summed E-state index contributed by atoms with van der Waals surface area (Å²) >= 11 is 1.44. The lowest BCUT2D eigenvalue weighted by Gasteiger charge is -2.12. The van der Waals surface area contributed by atoms with Crippen LogP contribution in [0, 0.1) is 42.3 Å². The molecule has 0 saturated carbocycles. The summed E-state index contributed by atoms with van der Waals surface area (Å²) in [5.74, 6) is -0.215. The highest BCUT2D eigenvalue weighted by molar-refractivity contribution is 7.16. The fraction of sp³-hybridized carbons (Fsp3) is 0.219. The third kappa shape index (κ3) is 5.40. The van der Waals surface area contributed by atoms with Crippen molar-refractivity contribution >= 4 is 28.3 Å². The molecule has 2 aromatic carbocycles. The second-order valence-corrected chi connectivity index (χ2v) is 10.8. The molecule has 1 aliphatic carbocycles. The predicted octanol–water partition coefficient (Wildman–Crippen LogP) is 7.17. The van der Waals surface area contributed by atoms with Gasteiger partial charge < -0.3 is 14.6 Å². The van der Waals surface area contributed by atoms with Crippen LogP contribution in [0.2, 0.25) is 0 Å². The summed E-state index contributed by atoms with van der Waals surface area (Å²) in [6.07, 6.45) is 5.45. The lowest BCUT2D eigenvalue weighted by molar-refractivity contribution is -0.112. The van der Waals surface area contributed by atoms with Gasteiger partial charge >= 0.3 is 0 Å². The molecule has 2 aromatic heterocycles. The summed E-state index contributed by atoms with van der Waals surface area (Å²) < 4.78 is 21.7. The molecule has 0 saturated heterocycles. The SMILES string of the molecule is Cc1cc(/C=C(\C#N)C(=O)Nc2sc3c(c2C#N)CCCC3)c(C)n1-c1ccc(OCc2ccccc2F)cc1. The Morgan fingerprint density at radius 3 is 2.60 bits per heavy atom. The van der Waals surface area contributed by atoms with Crippen LogP contribution < -0.4 is 10.1 Å². The minimum absolute atomic E-state index is 0.0348. The van der Waals surface area contributed by atoms with Crippen LogP contribution in [-0.2, 0) is 24.2 Å². The van der Waals surface area contributed by atoms with Crippen molar-refractivity contribution in [2.75, 3.05) is 5.32 Å². The summed E-state index contributed by atoms with van der Waals surface area (Å²) in [6.45, 7) is 4.01. The van der Waals surface area contributed by atoms with Gasteiger partial charge in [0, 0.05) is 27.5 Å². The minimum atomic E-state index is -0.529. The van der Waals surface area contributed by atoms with Crippen molar-refractivity contribution in [3.8, 4) is 23.6 Å². The molecule has 1 N–H and O–H groups in total. The van der Waals surface area contributed by atoms with E-state index in [9.17, 15) is 19.7 Å². The maximum absolute atomic E-state index is 13.9. The van der Waals surface area contributed by atoms with Crippen molar-refractivity contribution in [2.24, 2.45) is 0 Å². The number of carbonyl (C=O) groups is 1. The highest BCUT2D eigenvalue weighted by Gasteiger charge is 2.23. The Morgan fingerprint density at radius 1 is 1.12 bits per heavy atom. The number of thiophene rings is 1. The second-order valence-electron chi connectivity index (χ2n) is 9.69. The average molecular weight is 551 g/mol. The van der Waals surface area contributed by atoms with Gasteiger partial charge in [-0.1, -0.05) is 18.2 Å². The van der Waals surface area contributed by atoms with E-state index in [1.807, 2.05) is 54.8 Å². The number of anilines is 1. The van der Waals surface area contributed by atoms with Crippen molar-refractivity contribution in [2.45, 2.75) is 46.1 Å². The zero-order chi connectivity index (χ0) is 28.2. The van der Waals surface area contributed by atoms with Gasteiger partial charge in [0.25, 0.3) is 5.91 Å². The van der Waals surface area contributed by atoms with Crippen LogP contribution in [0.3, 0.4) is 0 Å². The number of aromatic nitrogens is 1. The molecule has 1 amide bonds. The van der Waals surface area contributed by atoms with E-state index in [-0.39, 0.29) is 18.0 Å². The summed E-state index contributed by atoms with van der Waals surface area (Å²) in [5, 5.41) is 22.8. The van der Waals surface area contributed by atoms with Gasteiger partial charge in [-0.2, -0.15) is 10.5 Å². The largest absolute Gasteiger partial charge is 0.489 e. The predicted molar refractivity (Wildman–Crippen MR) is 154 cm³/mol. The van der Waals surface area contributed by atoms with Gasteiger partial charge in [-0.05, 0) is 93.1 Å². The molecule has 40 heavy (non-hydrogen) atoms. The zero-order valence-corrected chi connectivity index (χ0v) is 23.1. The van der Waals surface area contributed by atoms with E-state index < -0.39 is 5.91 Å². The molecule has 0 aliphatic heterocycles. The van der Waals surface area contributed by atoms with E-state index in [1.165, 1.54) is 17.4 Å². The van der Waals surface area contributed by atoms with Crippen LogP contribution in [-0.4, -0.2) is 10.5 Å². The van der Waals surface area contributed by atoms with Crippen molar-refractivity contribution in [1.29, 1.82) is 10.5 Å². The summed E-state index contributed by atoms with van der Waals surface area (Å²) in [7, 11) is 0. The summed E-state index contributed by atoms with van der Waals surface area (Å²) in [5.41, 5.74) is 5.43. The Labute approximate surface area is 236 Å². The van der Waals surface area contributed by atoms with Crippen LogP contribution in [0.25, 0.3) is 11.8 Å². The molecule has 4 aromatic rings. The van der Waals surface area contributed by atoms with E-state index in [1.54, 1.807) is 24.3 Å². The number of rotatable bonds is 7. The molecule has 0 atom stereocenters. The standard InChI is InChI=1S/C32H27FN4O2S/c1-20-15-23(16-24(17-34)31(38)36-32-28(18-35)27-8-4-6-10-30(27)40-32)21(2)37(20)25-11-13-26(14-12-25)39-19-22-7-3-5-9-29(22)33/h3,5,7,9,11-16H,4,6,8,10,19H2,1-2H3,(H,36,38)/b24-16+. The topological polar surface area (TPSA) is 90.8 Å². The molecule has 200 valence electrons. The number of amides is 1. The maximum atomic E-state index is 13.9. The third-order valence-electron chi connectivity index (χ3n) is 7.09. The molecular formula is C32H27FN4O2S. The molecule has 0 unspecified atom stereocenters. The number of nitriles is 2.